The molecule has 130 valence electrons. The van der Waals surface area contributed by atoms with Gasteiger partial charge in [0.2, 0.25) is 0 Å². The first-order valence-corrected chi connectivity index (χ1v) is 8.40. The Morgan fingerprint density at radius 3 is 2.69 bits per heavy atom. The molecule has 6 nitrogen and oxygen atoms in total. The van der Waals surface area contributed by atoms with E-state index < -0.39 is 0 Å². The lowest BCUT2D eigenvalue weighted by Gasteiger charge is -2.11. The summed E-state index contributed by atoms with van der Waals surface area (Å²) in [7, 11) is 3.08. The van der Waals surface area contributed by atoms with E-state index in [1.165, 1.54) is 7.11 Å². The standard InChI is InChI=1S/C19H14BrN3O3/c1-25-15-8-7-11(16(20)17(15)26-2)9-12(10-21)18-22-14-6-4-3-5-13(14)19(24)23-18/h3-9H,1-2H3,(H,22,23,24)/b12-9-. The van der Waals surface area contributed by atoms with Crippen molar-refractivity contribution in [3.63, 3.8) is 0 Å². The molecular weight excluding hydrogens is 398 g/mol. The van der Waals surface area contributed by atoms with Crippen LogP contribution >= 0.6 is 15.9 Å². The van der Waals surface area contributed by atoms with Crippen LogP contribution in [0.3, 0.4) is 0 Å². The van der Waals surface area contributed by atoms with Gasteiger partial charge in [-0.2, -0.15) is 5.26 Å². The fraction of sp³-hybridized carbons (Fsp3) is 0.105. The Bertz CT molecular complexity index is 1110. The average molecular weight is 412 g/mol. The van der Waals surface area contributed by atoms with Gasteiger partial charge in [0.15, 0.2) is 17.3 Å². The quantitative estimate of drug-likeness (QED) is 0.660. The third kappa shape index (κ3) is 3.19. The molecule has 0 aliphatic carbocycles. The van der Waals surface area contributed by atoms with Gasteiger partial charge in [-0.15, -0.1) is 0 Å². The summed E-state index contributed by atoms with van der Waals surface area (Å²) < 4.78 is 11.2. The molecule has 0 aliphatic rings. The minimum Gasteiger partial charge on any atom is -0.493 e. The summed E-state index contributed by atoms with van der Waals surface area (Å²) >= 11 is 3.47. The van der Waals surface area contributed by atoms with Crippen LogP contribution in [0.4, 0.5) is 0 Å². The first-order chi connectivity index (χ1) is 12.6. The van der Waals surface area contributed by atoms with E-state index in [0.717, 1.165) is 0 Å². The number of para-hydroxylation sites is 1. The number of aromatic amines is 1. The topological polar surface area (TPSA) is 88.0 Å². The Morgan fingerprint density at radius 1 is 1.23 bits per heavy atom. The van der Waals surface area contributed by atoms with Crippen LogP contribution in [-0.2, 0) is 0 Å². The Balaban J connectivity index is 2.16. The van der Waals surface area contributed by atoms with Crippen LogP contribution in [0.2, 0.25) is 0 Å². The number of rotatable bonds is 4. The van der Waals surface area contributed by atoms with Crippen molar-refractivity contribution in [3.8, 4) is 17.6 Å². The number of fused-ring (bicyclic) bond motifs is 1. The summed E-state index contributed by atoms with van der Waals surface area (Å²) in [4.78, 5) is 19.3. The SMILES string of the molecule is COc1ccc(/C=C(/C#N)c2nc3ccccc3c(=O)[nH]2)c(Br)c1OC. The molecule has 0 saturated heterocycles. The maximum Gasteiger partial charge on any atom is 0.259 e. The van der Waals surface area contributed by atoms with Crippen molar-refractivity contribution >= 4 is 38.5 Å². The molecule has 1 heterocycles. The Kier molecular flexibility index (Phi) is 5.05. The van der Waals surface area contributed by atoms with Gasteiger partial charge in [-0.25, -0.2) is 4.98 Å². The van der Waals surface area contributed by atoms with Gasteiger partial charge in [-0.1, -0.05) is 12.1 Å². The van der Waals surface area contributed by atoms with Crippen molar-refractivity contribution < 1.29 is 9.47 Å². The van der Waals surface area contributed by atoms with Gasteiger partial charge in [0.1, 0.15) is 6.07 Å². The average Bonchev–Trinajstić information content (AvgIpc) is 2.66. The molecule has 0 aliphatic heterocycles. The third-order valence-corrected chi connectivity index (χ3v) is 4.62. The number of nitrogens with zero attached hydrogens (tertiary/aromatic N) is 2. The molecule has 3 rings (SSSR count). The van der Waals surface area contributed by atoms with E-state index in [-0.39, 0.29) is 17.0 Å². The van der Waals surface area contributed by atoms with Crippen molar-refractivity contribution in [1.29, 1.82) is 5.26 Å². The van der Waals surface area contributed by atoms with Gasteiger partial charge in [0, 0.05) is 0 Å². The first-order valence-electron chi connectivity index (χ1n) is 7.60. The van der Waals surface area contributed by atoms with E-state index in [1.54, 1.807) is 49.6 Å². The van der Waals surface area contributed by atoms with E-state index in [9.17, 15) is 10.1 Å². The van der Waals surface area contributed by atoms with Crippen LogP contribution in [0.25, 0.3) is 22.6 Å². The second kappa shape index (κ2) is 7.42. The van der Waals surface area contributed by atoms with Crippen molar-refractivity contribution in [2.45, 2.75) is 0 Å². The Morgan fingerprint density at radius 2 is 2.00 bits per heavy atom. The minimum absolute atomic E-state index is 0.206. The van der Waals surface area contributed by atoms with Gasteiger partial charge in [-0.3, -0.25) is 4.79 Å². The number of hydrogen-bond acceptors (Lipinski definition) is 5. The molecule has 26 heavy (non-hydrogen) atoms. The molecule has 7 heteroatoms. The highest BCUT2D eigenvalue weighted by Gasteiger charge is 2.14. The van der Waals surface area contributed by atoms with E-state index in [4.69, 9.17) is 9.47 Å². The van der Waals surface area contributed by atoms with Crippen LogP contribution in [-0.4, -0.2) is 24.2 Å². The lowest BCUT2D eigenvalue weighted by Crippen LogP contribution is -2.11. The summed E-state index contributed by atoms with van der Waals surface area (Å²) in [6.45, 7) is 0. The van der Waals surface area contributed by atoms with Crippen LogP contribution in [0, 0.1) is 11.3 Å². The maximum absolute atomic E-state index is 12.2. The Labute approximate surface area is 157 Å². The van der Waals surface area contributed by atoms with Gasteiger partial charge in [0.25, 0.3) is 5.56 Å². The zero-order chi connectivity index (χ0) is 18.7. The molecule has 0 fully saturated rings. The number of aromatic nitrogens is 2. The first kappa shape index (κ1) is 17.7. The molecule has 0 bridgehead atoms. The molecule has 0 atom stereocenters. The number of hydrogen-bond donors (Lipinski definition) is 1. The van der Waals surface area contributed by atoms with E-state index >= 15 is 0 Å². The number of nitriles is 1. The summed E-state index contributed by atoms with van der Waals surface area (Å²) in [5.41, 5.74) is 1.15. The molecule has 1 aromatic heterocycles. The highest BCUT2D eigenvalue weighted by molar-refractivity contribution is 9.10. The van der Waals surface area contributed by atoms with Crippen molar-refractivity contribution in [2.75, 3.05) is 14.2 Å². The zero-order valence-electron chi connectivity index (χ0n) is 14.0. The van der Waals surface area contributed by atoms with Crippen LogP contribution < -0.4 is 15.0 Å². The molecular formula is C19H14BrN3O3. The minimum atomic E-state index is -0.293. The van der Waals surface area contributed by atoms with Gasteiger partial charge >= 0.3 is 0 Å². The second-order valence-electron chi connectivity index (χ2n) is 5.31. The number of H-pyrrole nitrogens is 1. The Hall–Kier alpha value is -3.11. The molecule has 0 spiro atoms. The highest BCUT2D eigenvalue weighted by Crippen LogP contribution is 2.38. The summed E-state index contributed by atoms with van der Waals surface area (Å²) in [6, 6.07) is 12.6. The number of ether oxygens (including phenoxy) is 2. The number of benzene rings is 2. The van der Waals surface area contributed by atoms with E-state index in [2.05, 4.69) is 32.0 Å². The van der Waals surface area contributed by atoms with Crippen molar-refractivity contribution in [3.05, 3.63) is 62.6 Å². The van der Waals surface area contributed by atoms with Crippen LogP contribution in [0.1, 0.15) is 11.4 Å². The zero-order valence-corrected chi connectivity index (χ0v) is 15.6. The number of halogens is 1. The molecule has 2 aromatic carbocycles. The summed E-state index contributed by atoms with van der Waals surface area (Å²) in [6.07, 6.45) is 1.62. The smallest absolute Gasteiger partial charge is 0.259 e. The maximum atomic E-state index is 12.2. The van der Waals surface area contributed by atoms with Crippen molar-refractivity contribution in [2.24, 2.45) is 0 Å². The van der Waals surface area contributed by atoms with Gasteiger partial charge in [-0.05, 0) is 51.8 Å². The largest absolute Gasteiger partial charge is 0.493 e. The van der Waals surface area contributed by atoms with Gasteiger partial charge < -0.3 is 14.5 Å². The summed E-state index contributed by atoms with van der Waals surface area (Å²) in [5.74, 6) is 1.28. The number of methoxy groups -OCH3 is 2. The summed E-state index contributed by atoms with van der Waals surface area (Å²) in [5, 5.41) is 10.0. The fourth-order valence-corrected chi connectivity index (χ4v) is 3.14. The lowest BCUT2D eigenvalue weighted by molar-refractivity contribution is 0.353. The third-order valence-electron chi connectivity index (χ3n) is 3.80. The molecule has 0 radical (unpaired) electrons. The van der Waals surface area contributed by atoms with Crippen LogP contribution in [0.5, 0.6) is 11.5 Å². The molecule has 3 aromatic rings. The number of allylic oxidation sites excluding steroid dienone is 1. The fourth-order valence-electron chi connectivity index (χ4n) is 2.54. The van der Waals surface area contributed by atoms with Gasteiger partial charge in [0.05, 0.1) is 35.2 Å². The second-order valence-corrected chi connectivity index (χ2v) is 6.10. The molecule has 1 N–H and O–H groups in total. The van der Waals surface area contributed by atoms with Crippen LogP contribution in [0.15, 0.2) is 45.7 Å². The van der Waals surface area contributed by atoms with E-state index in [0.29, 0.717) is 32.4 Å². The lowest BCUT2D eigenvalue weighted by atomic mass is 10.1. The normalized spacial score (nSPS) is 11.2. The highest BCUT2D eigenvalue weighted by atomic mass is 79.9. The number of nitrogens with one attached hydrogen (secondary N) is 1. The molecule has 0 saturated carbocycles. The molecule has 0 unspecified atom stereocenters. The molecule has 0 amide bonds. The monoisotopic (exact) mass is 411 g/mol. The van der Waals surface area contributed by atoms with E-state index in [1.807, 2.05) is 0 Å². The predicted molar refractivity (Wildman–Crippen MR) is 103 cm³/mol. The predicted octanol–water partition coefficient (Wildman–Crippen LogP) is 3.77. The van der Waals surface area contributed by atoms with Crippen molar-refractivity contribution in [1.82, 2.24) is 9.97 Å².